The number of hydrogen-bond donors (Lipinski definition) is 1. The third-order valence-electron chi connectivity index (χ3n) is 2.35. The van der Waals surface area contributed by atoms with Crippen molar-refractivity contribution >= 4 is 23.5 Å². The van der Waals surface area contributed by atoms with Crippen molar-refractivity contribution in [3.8, 4) is 0 Å². The second-order valence-electron chi connectivity index (χ2n) is 3.91. The molecule has 0 aromatic heterocycles. The molecule has 1 aromatic carbocycles. The van der Waals surface area contributed by atoms with Gasteiger partial charge in [0.05, 0.1) is 37.8 Å². The van der Waals surface area contributed by atoms with Crippen LogP contribution in [0.1, 0.15) is 12.5 Å². The van der Waals surface area contributed by atoms with Gasteiger partial charge in [0.1, 0.15) is 0 Å². The number of aliphatic imine (C=N–C) groups is 2. The van der Waals surface area contributed by atoms with E-state index in [1.807, 2.05) is 6.92 Å². The highest BCUT2D eigenvalue weighted by Crippen LogP contribution is 2.23. The fraction of sp³-hybridized carbons (Fsp3) is 0.467. The molecule has 1 aromatic rings. The Kier molecular flexibility index (Phi) is 12.5. The van der Waals surface area contributed by atoms with Crippen molar-refractivity contribution in [3.63, 3.8) is 0 Å². The van der Waals surface area contributed by atoms with Crippen LogP contribution in [0.4, 0.5) is 11.4 Å². The van der Waals surface area contributed by atoms with Gasteiger partial charge in [0.2, 0.25) is 12.2 Å². The van der Waals surface area contributed by atoms with Crippen molar-refractivity contribution in [2.24, 2.45) is 9.98 Å². The van der Waals surface area contributed by atoms with Gasteiger partial charge in [0, 0.05) is 6.61 Å². The average Bonchev–Trinajstić information content (AvgIpc) is 2.52. The monoisotopic (exact) mass is 308 g/mol. The van der Waals surface area contributed by atoms with E-state index in [0.29, 0.717) is 31.2 Å². The van der Waals surface area contributed by atoms with E-state index in [0.717, 1.165) is 12.2 Å². The lowest BCUT2D eigenvalue weighted by Gasteiger charge is -2.00. The fourth-order valence-electron chi connectivity index (χ4n) is 1.32. The maximum atomic E-state index is 10.00. The first kappa shape index (κ1) is 19.9. The summed E-state index contributed by atoms with van der Waals surface area (Å²) in [5.41, 5.74) is 1.72. The Bertz CT molecular complexity index is 515. The summed E-state index contributed by atoms with van der Waals surface area (Å²) in [7, 11) is 0. The van der Waals surface area contributed by atoms with Crippen molar-refractivity contribution in [2.45, 2.75) is 13.8 Å². The van der Waals surface area contributed by atoms with E-state index in [2.05, 4.69) is 9.98 Å². The Hall–Kier alpha value is -2.14. The predicted octanol–water partition coefficient (Wildman–Crippen LogP) is 1.96. The van der Waals surface area contributed by atoms with E-state index >= 15 is 0 Å². The molecule has 7 nitrogen and oxygen atoms in total. The molecule has 0 heterocycles. The molecule has 1 N–H and O–H groups in total. The van der Waals surface area contributed by atoms with Crippen molar-refractivity contribution in [3.05, 3.63) is 23.8 Å². The third kappa shape index (κ3) is 9.72. The van der Waals surface area contributed by atoms with Crippen molar-refractivity contribution < 1.29 is 24.2 Å². The first-order valence-electron chi connectivity index (χ1n) is 6.72. The number of aliphatic hydroxyl groups is 1. The second kappa shape index (κ2) is 13.8. The summed E-state index contributed by atoms with van der Waals surface area (Å²) in [5.74, 6) is 0. The standard InChI is InChI=1S/C9H6N2O2.C6H14O3/c1-7-2-3-8(10-5-12)4-9(7)11-6-13;1-2-8-5-6-9-4-3-7/h2-4H,1H3;7H,2-6H2,1H3. The average molecular weight is 308 g/mol. The summed E-state index contributed by atoms with van der Waals surface area (Å²) < 4.78 is 9.88. The molecule has 0 atom stereocenters. The molecule has 0 unspecified atom stereocenters. The van der Waals surface area contributed by atoms with Crippen LogP contribution in [0.25, 0.3) is 0 Å². The number of hydrogen-bond acceptors (Lipinski definition) is 7. The van der Waals surface area contributed by atoms with E-state index in [1.165, 1.54) is 18.2 Å². The van der Waals surface area contributed by atoms with Gasteiger partial charge in [0.25, 0.3) is 0 Å². The highest BCUT2D eigenvalue weighted by Gasteiger charge is 1.97. The van der Waals surface area contributed by atoms with Crippen LogP contribution in [0.5, 0.6) is 0 Å². The highest BCUT2D eigenvalue weighted by molar-refractivity contribution is 5.61. The summed E-state index contributed by atoms with van der Waals surface area (Å²) in [6.07, 6.45) is 2.84. The van der Waals surface area contributed by atoms with Gasteiger partial charge in [0.15, 0.2) is 0 Å². The molecule has 7 heteroatoms. The minimum atomic E-state index is 0.0894. The Morgan fingerprint density at radius 3 is 2.36 bits per heavy atom. The van der Waals surface area contributed by atoms with Crippen LogP contribution in [0.3, 0.4) is 0 Å². The molecule has 0 aliphatic rings. The lowest BCUT2D eigenvalue weighted by molar-refractivity contribution is 0.0370. The number of isocyanates is 2. The molecular weight excluding hydrogens is 288 g/mol. The van der Waals surface area contributed by atoms with E-state index in [-0.39, 0.29) is 6.61 Å². The Morgan fingerprint density at radius 1 is 1.09 bits per heavy atom. The fourth-order valence-corrected chi connectivity index (χ4v) is 1.32. The van der Waals surface area contributed by atoms with Gasteiger partial charge in [-0.15, -0.1) is 0 Å². The zero-order valence-electron chi connectivity index (χ0n) is 12.7. The van der Waals surface area contributed by atoms with Crippen LogP contribution in [0, 0.1) is 6.92 Å². The molecule has 0 radical (unpaired) electrons. The number of carbonyl (C=O) groups excluding carboxylic acids is 2. The van der Waals surface area contributed by atoms with Gasteiger partial charge in [-0.05, 0) is 31.5 Å². The van der Waals surface area contributed by atoms with Crippen molar-refractivity contribution in [1.29, 1.82) is 0 Å². The number of rotatable bonds is 8. The Balaban J connectivity index is 0.000000433. The zero-order valence-corrected chi connectivity index (χ0v) is 12.7. The van der Waals surface area contributed by atoms with Gasteiger partial charge < -0.3 is 14.6 Å². The van der Waals surface area contributed by atoms with Crippen molar-refractivity contribution in [1.82, 2.24) is 0 Å². The first-order chi connectivity index (χ1) is 10.7. The molecule has 22 heavy (non-hydrogen) atoms. The van der Waals surface area contributed by atoms with E-state index in [9.17, 15) is 9.59 Å². The van der Waals surface area contributed by atoms with Crippen LogP contribution in [0.2, 0.25) is 0 Å². The summed E-state index contributed by atoms with van der Waals surface area (Å²) >= 11 is 0. The molecule has 120 valence electrons. The normalized spacial score (nSPS) is 9.05. The minimum Gasteiger partial charge on any atom is -0.394 e. The molecule has 0 aliphatic heterocycles. The first-order valence-corrected chi connectivity index (χ1v) is 6.72. The molecule has 0 saturated heterocycles. The largest absolute Gasteiger partial charge is 0.394 e. The van der Waals surface area contributed by atoms with E-state index < -0.39 is 0 Å². The van der Waals surface area contributed by atoms with Gasteiger partial charge in [-0.3, -0.25) is 0 Å². The van der Waals surface area contributed by atoms with Crippen LogP contribution in [-0.4, -0.2) is 50.3 Å². The van der Waals surface area contributed by atoms with Crippen molar-refractivity contribution in [2.75, 3.05) is 33.0 Å². The van der Waals surface area contributed by atoms with Crippen LogP contribution in [-0.2, 0) is 19.1 Å². The van der Waals surface area contributed by atoms with Gasteiger partial charge >= 0.3 is 0 Å². The molecule has 0 bridgehead atoms. The molecule has 0 fully saturated rings. The van der Waals surface area contributed by atoms with E-state index in [4.69, 9.17) is 14.6 Å². The highest BCUT2D eigenvalue weighted by atomic mass is 16.5. The van der Waals surface area contributed by atoms with Gasteiger partial charge in [-0.25, -0.2) is 9.59 Å². The topological polar surface area (TPSA) is 97.6 Å². The maximum Gasteiger partial charge on any atom is 0.240 e. The number of aryl methyl sites for hydroxylation is 1. The molecule has 0 saturated carbocycles. The Morgan fingerprint density at radius 2 is 1.77 bits per heavy atom. The van der Waals surface area contributed by atoms with Crippen LogP contribution in [0.15, 0.2) is 28.2 Å². The Labute approximate surface area is 129 Å². The SMILES string of the molecule is CCOCCOCCO.Cc1ccc(N=C=O)cc1N=C=O. The van der Waals surface area contributed by atoms with Gasteiger partial charge in [-0.2, -0.15) is 9.98 Å². The molecule has 0 aliphatic carbocycles. The lowest BCUT2D eigenvalue weighted by atomic mass is 10.2. The molecular formula is C15H20N2O5. The predicted molar refractivity (Wildman–Crippen MR) is 81.1 cm³/mol. The summed E-state index contributed by atoms with van der Waals surface area (Å²) in [6, 6.07) is 4.88. The molecule has 1 rings (SSSR count). The summed E-state index contributed by atoms with van der Waals surface area (Å²) in [4.78, 5) is 26.8. The van der Waals surface area contributed by atoms with Crippen LogP contribution >= 0.6 is 0 Å². The number of benzene rings is 1. The number of ether oxygens (including phenoxy) is 2. The quantitative estimate of drug-likeness (QED) is 0.450. The van der Waals surface area contributed by atoms with Gasteiger partial charge in [-0.1, -0.05) is 6.07 Å². The number of nitrogens with zero attached hydrogens (tertiary/aromatic N) is 2. The zero-order chi connectivity index (χ0) is 16.6. The second-order valence-corrected chi connectivity index (χ2v) is 3.91. The summed E-state index contributed by atoms with van der Waals surface area (Å²) in [6.45, 7) is 6.16. The maximum absolute atomic E-state index is 10.00. The third-order valence-corrected chi connectivity index (χ3v) is 2.35. The van der Waals surface area contributed by atoms with Crippen LogP contribution < -0.4 is 0 Å². The summed E-state index contributed by atoms with van der Waals surface area (Å²) in [5, 5.41) is 8.26. The molecule has 0 amide bonds. The molecule has 0 spiro atoms. The lowest BCUT2D eigenvalue weighted by Crippen LogP contribution is -2.06. The van der Waals surface area contributed by atoms with E-state index in [1.54, 1.807) is 19.1 Å². The minimum absolute atomic E-state index is 0.0894. The number of aliphatic hydroxyl groups excluding tert-OH is 1. The smallest absolute Gasteiger partial charge is 0.240 e.